The summed E-state index contributed by atoms with van der Waals surface area (Å²) in [4.78, 5) is 1.06. The molecule has 1 heterocycles. The van der Waals surface area contributed by atoms with Crippen molar-refractivity contribution in [3.05, 3.63) is 18.2 Å². The van der Waals surface area contributed by atoms with Crippen molar-refractivity contribution in [3.8, 4) is 11.5 Å². The Balaban J connectivity index is 2.02. The zero-order chi connectivity index (χ0) is 12.1. The standard InChI is InChI=1S/C12H17NO3S/c13-7-9(14)8-17-10-2-3-11-12(6-10)16-5-1-4-15-11/h2-3,6,9,14H,1,4-5,7-8,13H2. The predicted octanol–water partition coefficient (Wildman–Crippen LogP) is 1.26. The molecule has 0 saturated heterocycles. The highest BCUT2D eigenvalue weighted by atomic mass is 32.2. The average Bonchev–Trinajstić information content (AvgIpc) is 2.60. The third-order valence-corrected chi connectivity index (χ3v) is 3.57. The van der Waals surface area contributed by atoms with E-state index in [-0.39, 0.29) is 6.54 Å². The minimum absolute atomic E-state index is 0.289. The number of hydrogen-bond acceptors (Lipinski definition) is 5. The maximum Gasteiger partial charge on any atom is 0.162 e. The van der Waals surface area contributed by atoms with Crippen LogP contribution in [0.3, 0.4) is 0 Å². The molecule has 0 aromatic heterocycles. The van der Waals surface area contributed by atoms with E-state index in [4.69, 9.17) is 15.2 Å². The van der Waals surface area contributed by atoms with Crippen molar-refractivity contribution >= 4 is 11.8 Å². The van der Waals surface area contributed by atoms with E-state index in [1.807, 2.05) is 18.2 Å². The van der Waals surface area contributed by atoms with Crippen LogP contribution in [0.5, 0.6) is 11.5 Å². The number of nitrogens with two attached hydrogens (primary N) is 1. The van der Waals surface area contributed by atoms with Crippen LogP contribution in [0.1, 0.15) is 6.42 Å². The van der Waals surface area contributed by atoms with Crippen LogP contribution < -0.4 is 15.2 Å². The largest absolute Gasteiger partial charge is 0.490 e. The Kier molecular flexibility index (Phi) is 4.53. The summed E-state index contributed by atoms with van der Waals surface area (Å²) in [5, 5.41) is 9.40. The summed E-state index contributed by atoms with van der Waals surface area (Å²) in [6, 6.07) is 5.84. The van der Waals surface area contributed by atoms with E-state index in [0.717, 1.165) is 22.8 Å². The summed E-state index contributed by atoms with van der Waals surface area (Å²) in [5.41, 5.74) is 5.36. The average molecular weight is 255 g/mol. The van der Waals surface area contributed by atoms with Crippen LogP contribution in [0.2, 0.25) is 0 Å². The van der Waals surface area contributed by atoms with Gasteiger partial charge in [0.2, 0.25) is 0 Å². The number of fused-ring (bicyclic) bond motifs is 1. The molecule has 1 atom stereocenters. The lowest BCUT2D eigenvalue weighted by atomic mass is 10.3. The maximum absolute atomic E-state index is 9.40. The molecule has 0 fully saturated rings. The van der Waals surface area contributed by atoms with Crippen LogP contribution in [-0.2, 0) is 0 Å². The molecule has 0 radical (unpaired) electrons. The molecule has 4 nitrogen and oxygen atoms in total. The Morgan fingerprint density at radius 3 is 2.82 bits per heavy atom. The van der Waals surface area contributed by atoms with Gasteiger partial charge < -0.3 is 20.3 Å². The Morgan fingerprint density at radius 2 is 2.06 bits per heavy atom. The number of aliphatic hydroxyl groups is 1. The van der Waals surface area contributed by atoms with Crippen molar-refractivity contribution in [2.45, 2.75) is 17.4 Å². The molecule has 1 unspecified atom stereocenters. The molecule has 5 heteroatoms. The molecule has 1 aromatic carbocycles. The molecule has 0 aliphatic carbocycles. The molecule has 0 amide bonds. The van der Waals surface area contributed by atoms with Gasteiger partial charge in [-0.2, -0.15) is 0 Å². The van der Waals surface area contributed by atoms with E-state index in [1.165, 1.54) is 0 Å². The van der Waals surface area contributed by atoms with Crippen molar-refractivity contribution in [2.75, 3.05) is 25.5 Å². The monoisotopic (exact) mass is 255 g/mol. The van der Waals surface area contributed by atoms with Gasteiger partial charge in [0.25, 0.3) is 0 Å². The minimum atomic E-state index is -0.462. The van der Waals surface area contributed by atoms with E-state index in [9.17, 15) is 5.11 Å². The number of thioether (sulfide) groups is 1. The van der Waals surface area contributed by atoms with Gasteiger partial charge in [0.15, 0.2) is 11.5 Å². The quantitative estimate of drug-likeness (QED) is 0.793. The Hall–Kier alpha value is -0.910. The lowest BCUT2D eigenvalue weighted by Crippen LogP contribution is -2.21. The molecule has 17 heavy (non-hydrogen) atoms. The van der Waals surface area contributed by atoms with Gasteiger partial charge in [0.05, 0.1) is 19.3 Å². The summed E-state index contributed by atoms with van der Waals surface area (Å²) in [5.74, 6) is 2.18. The molecule has 1 aromatic rings. The highest BCUT2D eigenvalue weighted by Crippen LogP contribution is 2.33. The second-order valence-electron chi connectivity index (χ2n) is 3.86. The highest BCUT2D eigenvalue weighted by Gasteiger charge is 2.11. The lowest BCUT2D eigenvalue weighted by Gasteiger charge is -2.10. The van der Waals surface area contributed by atoms with Crippen molar-refractivity contribution < 1.29 is 14.6 Å². The van der Waals surface area contributed by atoms with Gasteiger partial charge in [0, 0.05) is 23.6 Å². The SMILES string of the molecule is NCC(O)CSc1ccc2c(c1)OCCCO2. The number of ether oxygens (including phenoxy) is 2. The fourth-order valence-electron chi connectivity index (χ4n) is 1.49. The van der Waals surface area contributed by atoms with Crippen LogP contribution in [0.15, 0.2) is 23.1 Å². The summed E-state index contributed by atoms with van der Waals surface area (Å²) >= 11 is 1.57. The Bertz CT molecular complexity index is 373. The van der Waals surface area contributed by atoms with Crippen LogP contribution in [0.4, 0.5) is 0 Å². The van der Waals surface area contributed by atoms with Gasteiger partial charge in [-0.15, -0.1) is 11.8 Å². The summed E-state index contributed by atoms with van der Waals surface area (Å²) in [7, 11) is 0. The lowest BCUT2D eigenvalue weighted by molar-refractivity contribution is 0.208. The van der Waals surface area contributed by atoms with Crippen molar-refractivity contribution in [2.24, 2.45) is 5.73 Å². The Labute approximate surface area is 105 Å². The van der Waals surface area contributed by atoms with Crippen molar-refractivity contribution in [1.82, 2.24) is 0 Å². The summed E-state index contributed by atoms with van der Waals surface area (Å²) < 4.78 is 11.1. The topological polar surface area (TPSA) is 64.7 Å². The fraction of sp³-hybridized carbons (Fsp3) is 0.500. The highest BCUT2D eigenvalue weighted by molar-refractivity contribution is 7.99. The van der Waals surface area contributed by atoms with Crippen molar-refractivity contribution in [3.63, 3.8) is 0 Å². The molecule has 0 spiro atoms. The van der Waals surface area contributed by atoms with E-state index in [2.05, 4.69) is 0 Å². The number of aliphatic hydroxyl groups excluding tert-OH is 1. The van der Waals surface area contributed by atoms with E-state index in [0.29, 0.717) is 19.0 Å². The number of benzene rings is 1. The fourth-order valence-corrected chi connectivity index (χ4v) is 2.37. The first-order chi connectivity index (χ1) is 8.29. The third-order valence-electron chi connectivity index (χ3n) is 2.43. The van der Waals surface area contributed by atoms with Gasteiger partial charge in [-0.25, -0.2) is 0 Å². The van der Waals surface area contributed by atoms with Gasteiger partial charge >= 0.3 is 0 Å². The number of rotatable bonds is 4. The molecule has 3 N–H and O–H groups in total. The summed E-state index contributed by atoms with van der Waals surface area (Å²) in [6.07, 6.45) is 0.444. The van der Waals surface area contributed by atoms with Gasteiger partial charge in [-0.05, 0) is 18.2 Å². The first kappa shape index (κ1) is 12.5. The zero-order valence-electron chi connectivity index (χ0n) is 9.59. The molecule has 0 saturated carbocycles. The second-order valence-corrected chi connectivity index (χ2v) is 4.95. The first-order valence-electron chi connectivity index (χ1n) is 5.70. The third kappa shape index (κ3) is 3.52. The maximum atomic E-state index is 9.40. The summed E-state index contributed by atoms with van der Waals surface area (Å²) in [6.45, 7) is 1.68. The van der Waals surface area contributed by atoms with Crippen LogP contribution in [-0.4, -0.2) is 36.7 Å². The van der Waals surface area contributed by atoms with E-state index < -0.39 is 6.10 Å². The molecular weight excluding hydrogens is 238 g/mol. The van der Waals surface area contributed by atoms with E-state index >= 15 is 0 Å². The normalized spacial score (nSPS) is 16.4. The van der Waals surface area contributed by atoms with Gasteiger partial charge in [0.1, 0.15) is 0 Å². The molecule has 2 rings (SSSR count). The first-order valence-corrected chi connectivity index (χ1v) is 6.68. The van der Waals surface area contributed by atoms with Crippen LogP contribution in [0, 0.1) is 0 Å². The molecule has 1 aliphatic heterocycles. The molecule has 94 valence electrons. The second kappa shape index (κ2) is 6.14. The van der Waals surface area contributed by atoms with Crippen LogP contribution >= 0.6 is 11.8 Å². The minimum Gasteiger partial charge on any atom is -0.490 e. The van der Waals surface area contributed by atoms with Gasteiger partial charge in [-0.1, -0.05) is 0 Å². The molecule has 0 bridgehead atoms. The zero-order valence-corrected chi connectivity index (χ0v) is 10.4. The van der Waals surface area contributed by atoms with Gasteiger partial charge in [-0.3, -0.25) is 0 Å². The number of hydrogen-bond donors (Lipinski definition) is 2. The Morgan fingerprint density at radius 1 is 1.29 bits per heavy atom. The predicted molar refractivity (Wildman–Crippen MR) is 67.8 cm³/mol. The molecule has 1 aliphatic rings. The smallest absolute Gasteiger partial charge is 0.162 e. The molecular formula is C12H17NO3S. The van der Waals surface area contributed by atoms with Crippen molar-refractivity contribution in [1.29, 1.82) is 0 Å². The van der Waals surface area contributed by atoms with E-state index in [1.54, 1.807) is 11.8 Å². The van der Waals surface area contributed by atoms with Crippen LogP contribution in [0.25, 0.3) is 0 Å².